The van der Waals surface area contributed by atoms with Gasteiger partial charge in [-0.2, -0.15) is 0 Å². The SMILES string of the molecule is OCC(O)c1c(I)cc(-c2ccc(OC(F)(F)F)cc2)c2ncoc12. The number of alkyl halides is 3. The maximum absolute atomic E-state index is 12.2. The molecule has 0 saturated carbocycles. The van der Waals surface area contributed by atoms with Crippen LogP contribution < -0.4 is 4.74 Å². The fraction of sp³-hybridized carbons (Fsp3) is 0.188. The first kappa shape index (κ1) is 18.0. The van der Waals surface area contributed by atoms with Crippen LogP contribution in [-0.4, -0.2) is 28.2 Å². The number of ether oxygens (including phenoxy) is 1. The van der Waals surface area contributed by atoms with Gasteiger partial charge in [0.15, 0.2) is 12.0 Å². The Kier molecular flexibility index (Phi) is 4.89. The maximum atomic E-state index is 12.2. The molecule has 0 radical (unpaired) electrons. The lowest BCUT2D eigenvalue weighted by molar-refractivity contribution is -0.274. The summed E-state index contributed by atoms with van der Waals surface area (Å²) in [5.74, 6) is -0.324. The van der Waals surface area contributed by atoms with Gasteiger partial charge in [-0.25, -0.2) is 4.98 Å². The number of halogens is 4. The van der Waals surface area contributed by atoms with E-state index in [4.69, 9.17) is 4.42 Å². The zero-order valence-electron chi connectivity index (χ0n) is 12.4. The van der Waals surface area contributed by atoms with Crippen LogP contribution in [0.25, 0.3) is 22.2 Å². The largest absolute Gasteiger partial charge is 0.573 e. The average molecular weight is 465 g/mol. The summed E-state index contributed by atoms with van der Waals surface area (Å²) in [6.45, 7) is -0.478. The molecule has 2 aromatic carbocycles. The molecule has 0 aliphatic rings. The van der Waals surface area contributed by atoms with Gasteiger partial charge in [0.1, 0.15) is 17.4 Å². The Labute approximate surface area is 153 Å². The Bertz CT molecular complexity index is 893. The molecule has 0 aliphatic heterocycles. The van der Waals surface area contributed by atoms with Gasteiger partial charge in [-0.15, -0.1) is 13.2 Å². The van der Waals surface area contributed by atoms with Gasteiger partial charge < -0.3 is 19.4 Å². The zero-order valence-corrected chi connectivity index (χ0v) is 14.6. The molecule has 1 aromatic heterocycles. The monoisotopic (exact) mass is 465 g/mol. The second-order valence-corrected chi connectivity index (χ2v) is 6.28. The number of oxazole rings is 1. The second-order valence-electron chi connectivity index (χ2n) is 5.12. The van der Waals surface area contributed by atoms with Gasteiger partial charge in [0.05, 0.1) is 6.61 Å². The number of fused-ring (bicyclic) bond motifs is 1. The molecular weight excluding hydrogens is 454 g/mol. The number of aromatic nitrogens is 1. The predicted octanol–water partition coefficient (Wildman–Crippen LogP) is 4.02. The Hall–Kier alpha value is -1.85. The molecule has 1 heterocycles. The minimum atomic E-state index is -4.75. The first-order valence-electron chi connectivity index (χ1n) is 7.01. The van der Waals surface area contributed by atoms with Crippen LogP contribution >= 0.6 is 22.6 Å². The molecule has 0 spiro atoms. The fourth-order valence-electron chi connectivity index (χ4n) is 2.47. The molecule has 25 heavy (non-hydrogen) atoms. The van der Waals surface area contributed by atoms with Crippen molar-refractivity contribution in [3.8, 4) is 16.9 Å². The molecule has 0 fully saturated rings. The summed E-state index contributed by atoms with van der Waals surface area (Å²) in [7, 11) is 0. The van der Waals surface area contributed by atoms with E-state index in [1.807, 2.05) is 22.6 Å². The Morgan fingerprint density at radius 1 is 1.24 bits per heavy atom. The lowest BCUT2D eigenvalue weighted by Gasteiger charge is -2.13. The zero-order chi connectivity index (χ0) is 18.2. The molecule has 3 rings (SSSR count). The van der Waals surface area contributed by atoms with Crippen molar-refractivity contribution in [2.75, 3.05) is 6.61 Å². The number of nitrogens with zero attached hydrogens (tertiary/aromatic N) is 1. The molecule has 0 saturated heterocycles. The van der Waals surface area contributed by atoms with Crippen molar-refractivity contribution in [2.24, 2.45) is 0 Å². The van der Waals surface area contributed by atoms with E-state index in [-0.39, 0.29) is 5.75 Å². The predicted molar refractivity (Wildman–Crippen MR) is 90.9 cm³/mol. The number of hydrogen-bond donors (Lipinski definition) is 2. The molecule has 3 aromatic rings. The van der Waals surface area contributed by atoms with Crippen LogP contribution in [0, 0.1) is 3.57 Å². The summed E-state index contributed by atoms with van der Waals surface area (Å²) >= 11 is 1.99. The third kappa shape index (κ3) is 3.72. The molecule has 1 atom stereocenters. The third-order valence-electron chi connectivity index (χ3n) is 3.50. The van der Waals surface area contributed by atoms with Gasteiger partial charge in [-0.05, 0) is 46.4 Å². The van der Waals surface area contributed by atoms with Crippen molar-refractivity contribution < 1.29 is 32.5 Å². The Morgan fingerprint density at radius 2 is 1.92 bits per heavy atom. The molecule has 5 nitrogen and oxygen atoms in total. The smallest absolute Gasteiger partial charge is 0.443 e. The summed E-state index contributed by atoms with van der Waals surface area (Å²) in [6.07, 6.45) is -4.67. The number of aliphatic hydroxyl groups excluding tert-OH is 2. The van der Waals surface area contributed by atoms with Gasteiger partial charge >= 0.3 is 6.36 Å². The van der Waals surface area contributed by atoms with Crippen molar-refractivity contribution >= 4 is 33.7 Å². The van der Waals surface area contributed by atoms with E-state index >= 15 is 0 Å². The first-order valence-corrected chi connectivity index (χ1v) is 8.08. The lowest BCUT2D eigenvalue weighted by atomic mass is 10.00. The van der Waals surface area contributed by atoms with E-state index in [1.54, 1.807) is 6.07 Å². The van der Waals surface area contributed by atoms with Gasteiger partial charge in [-0.1, -0.05) is 12.1 Å². The highest BCUT2D eigenvalue weighted by molar-refractivity contribution is 14.1. The van der Waals surface area contributed by atoms with E-state index in [2.05, 4.69) is 9.72 Å². The van der Waals surface area contributed by atoms with Crippen molar-refractivity contribution in [2.45, 2.75) is 12.5 Å². The van der Waals surface area contributed by atoms with Crippen LogP contribution in [0.2, 0.25) is 0 Å². The summed E-state index contributed by atoms with van der Waals surface area (Å²) in [6, 6.07) is 7.08. The molecule has 2 N–H and O–H groups in total. The highest BCUT2D eigenvalue weighted by Gasteiger charge is 2.31. The minimum Gasteiger partial charge on any atom is -0.443 e. The molecule has 132 valence electrons. The first-order chi connectivity index (χ1) is 11.8. The topological polar surface area (TPSA) is 75.7 Å². The number of rotatable bonds is 4. The van der Waals surface area contributed by atoms with E-state index in [0.29, 0.717) is 31.4 Å². The van der Waals surface area contributed by atoms with E-state index < -0.39 is 19.1 Å². The molecular formula is C16H11F3INO4. The van der Waals surface area contributed by atoms with Crippen molar-refractivity contribution in [1.82, 2.24) is 4.98 Å². The number of aliphatic hydroxyl groups is 2. The van der Waals surface area contributed by atoms with E-state index in [0.717, 1.165) is 0 Å². The van der Waals surface area contributed by atoms with Crippen LogP contribution in [0.1, 0.15) is 11.7 Å². The standard InChI is InChI=1S/C16H11F3INO4/c17-16(18,19)25-9-3-1-8(2-4-9)10-5-11(20)13(12(23)6-22)15-14(10)21-7-24-15/h1-5,7,12,22-23H,6H2. The van der Waals surface area contributed by atoms with Gasteiger partial charge in [0.2, 0.25) is 0 Å². The van der Waals surface area contributed by atoms with Crippen LogP contribution in [0.3, 0.4) is 0 Å². The van der Waals surface area contributed by atoms with Crippen molar-refractivity contribution in [3.05, 3.63) is 45.9 Å². The molecule has 0 bridgehead atoms. The normalized spacial score (nSPS) is 13.2. The Balaban J connectivity index is 2.06. The van der Waals surface area contributed by atoms with Gasteiger partial charge in [0.25, 0.3) is 0 Å². The maximum Gasteiger partial charge on any atom is 0.573 e. The Morgan fingerprint density at radius 3 is 2.52 bits per heavy atom. The van der Waals surface area contributed by atoms with Gasteiger partial charge in [-0.3, -0.25) is 0 Å². The highest BCUT2D eigenvalue weighted by atomic mass is 127. The number of benzene rings is 2. The molecule has 0 aliphatic carbocycles. The van der Waals surface area contributed by atoms with Gasteiger partial charge in [0, 0.05) is 14.7 Å². The van der Waals surface area contributed by atoms with Crippen molar-refractivity contribution in [3.63, 3.8) is 0 Å². The van der Waals surface area contributed by atoms with Crippen LogP contribution in [0.15, 0.2) is 41.1 Å². The van der Waals surface area contributed by atoms with Crippen LogP contribution in [-0.2, 0) is 0 Å². The minimum absolute atomic E-state index is 0.319. The summed E-state index contributed by atoms with van der Waals surface area (Å²) < 4.78 is 46.6. The highest BCUT2D eigenvalue weighted by Crippen LogP contribution is 2.36. The van der Waals surface area contributed by atoms with Crippen molar-refractivity contribution in [1.29, 1.82) is 0 Å². The second kappa shape index (κ2) is 6.81. The average Bonchev–Trinajstić information content (AvgIpc) is 3.02. The third-order valence-corrected chi connectivity index (χ3v) is 4.39. The fourth-order valence-corrected chi connectivity index (χ4v) is 3.38. The van der Waals surface area contributed by atoms with Crippen LogP contribution in [0.4, 0.5) is 13.2 Å². The molecule has 0 amide bonds. The molecule has 9 heteroatoms. The number of hydrogen-bond acceptors (Lipinski definition) is 5. The quantitative estimate of drug-likeness (QED) is 0.570. The molecule has 1 unspecified atom stereocenters. The van der Waals surface area contributed by atoms with E-state index in [1.165, 1.54) is 30.7 Å². The van der Waals surface area contributed by atoms with E-state index in [9.17, 15) is 23.4 Å². The van der Waals surface area contributed by atoms with Crippen LogP contribution in [0.5, 0.6) is 5.75 Å². The summed E-state index contributed by atoms with van der Waals surface area (Å²) in [5, 5.41) is 19.2. The lowest BCUT2D eigenvalue weighted by Crippen LogP contribution is -2.16. The summed E-state index contributed by atoms with van der Waals surface area (Å²) in [4.78, 5) is 4.12. The summed E-state index contributed by atoms with van der Waals surface area (Å²) in [5.41, 5.74) is 2.40.